The molecule has 12 heavy (non-hydrogen) atoms. The molecule has 0 saturated heterocycles. The SMILES string of the molecule is C=C(OCCCC)C(C)=CC=O. The number of hydrogen-bond acceptors (Lipinski definition) is 2. The zero-order valence-electron chi connectivity index (χ0n) is 7.80. The van der Waals surface area contributed by atoms with Crippen LogP contribution in [0.25, 0.3) is 0 Å². The van der Waals surface area contributed by atoms with Gasteiger partial charge in [-0.15, -0.1) is 0 Å². The van der Waals surface area contributed by atoms with Crippen molar-refractivity contribution in [1.82, 2.24) is 0 Å². The second-order valence-electron chi connectivity index (χ2n) is 2.61. The lowest BCUT2D eigenvalue weighted by molar-refractivity contribution is -0.104. The van der Waals surface area contributed by atoms with Gasteiger partial charge in [-0.25, -0.2) is 0 Å². The van der Waals surface area contributed by atoms with Gasteiger partial charge in [-0.1, -0.05) is 19.9 Å². The quantitative estimate of drug-likeness (QED) is 0.200. The minimum absolute atomic E-state index is 0.593. The maximum absolute atomic E-state index is 10.1. The summed E-state index contributed by atoms with van der Waals surface area (Å²) in [6, 6.07) is 0. The van der Waals surface area contributed by atoms with Crippen LogP contribution in [0.15, 0.2) is 24.0 Å². The number of carbonyl (C=O) groups is 1. The Bertz CT molecular complexity index is 180. The molecule has 0 aliphatic carbocycles. The van der Waals surface area contributed by atoms with Crippen molar-refractivity contribution < 1.29 is 9.53 Å². The van der Waals surface area contributed by atoms with Crippen LogP contribution in [0.5, 0.6) is 0 Å². The fourth-order valence-electron chi connectivity index (χ4n) is 0.649. The molecule has 0 aromatic heterocycles. The molecule has 0 aromatic rings. The fraction of sp³-hybridized carbons (Fsp3) is 0.500. The molecule has 0 fully saturated rings. The van der Waals surface area contributed by atoms with Gasteiger partial charge < -0.3 is 4.74 Å². The highest BCUT2D eigenvalue weighted by molar-refractivity contribution is 5.67. The minimum Gasteiger partial charge on any atom is -0.494 e. The molecule has 2 heteroatoms. The van der Waals surface area contributed by atoms with Crippen molar-refractivity contribution in [3.8, 4) is 0 Å². The first-order valence-corrected chi connectivity index (χ1v) is 4.16. The van der Waals surface area contributed by atoms with Crippen molar-refractivity contribution in [2.45, 2.75) is 26.7 Å². The van der Waals surface area contributed by atoms with Gasteiger partial charge >= 0.3 is 0 Å². The molecule has 0 aliphatic rings. The molecule has 0 rings (SSSR count). The van der Waals surface area contributed by atoms with Crippen LogP contribution in [0.1, 0.15) is 26.7 Å². The number of ether oxygens (including phenoxy) is 1. The number of hydrogen-bond donors (Lipinski definition) is 0. The molecule has 0 bridgehead atoms. The molecule has 0 saturated carbocycles. The van der Waals surface area contributed by atoms with Gasteiger partial charge in [0.1, 0.15) is 12.0 Å². The van der Waals surface area contributed by atoms with E-state index in [2.05, 4.69) is 13.5 Å². The third-order valence-electron chi connectivity index (χ3n) is 1.53. The molecular weight excluding hydrogens is 152 g/mol. The van der Waals surface area contributed by atoms with Gasteiger partial charge in [-0.05, 0) is 25.0 Å². The minimum atomic E-state index is 0.593. The Morgan fingerprint density at radius 1 is 1.58 bits per heavy atom. The number of aldehydes is 1. The monoisotopic (exact) mass is 168 g/mol. The Balaban J connectivity index is 3.72. The van der Waals surface area contributed by atoms with Gasteiger partial charge in [0.25, 0.3) is 0 Å². The predicted octanol–water partition coefficient (Wildman–Crippen LogP) is 2.46. The first kappa shape index (κ1) is 11.0. The molecule has 0 aliphatic heterocycles. The predicted molar refractivity (Wildman–Crippen MR) is 49.8 cm³/mol. The molecule has 0 aromatic carbocycles. The van der Waals surface area contributed by atoms with E-state index < -0.39 is 0 Å². The van der Waals surface area contributed by atoms with E-state index in [-0.39, 0.29) is 0 Å². The summed E-state index contributed by atoms with van der Waals surface area (Å²) >= 11 is 0. The Labute approximate surface area is 73.9 Å². The lowest BCUT2D eigenvalue weighted by Crippen LogP contribution is -1.94. The summed E-state index contributed by atoms with van der Waals surface area (Å²) in [6.07, 6.45) is 4.31. The van der Waals surface area contributed by atoms with E-state index in [0.717, 1.165) is 24.7 Å². The number of allylic oxidation sites excluding steroid dienone is 2. The van der Waals surface area contributed by atoms with Crippen LogP contribution in [0.2, 0.25) is 0 Å². The third kappa shape index (κ3) is 4.72. The smallest absolute Gasteiger partial charge is 0.143 e. The van der Waals surface area contributed by atoms with Gasteiger partial charge in [0.15, 0.2) is 0 Å². The lowest BCUT2D eigenvalue weighted by atomic mass is 10.2. The van der Waals surface area contributed by atoms with Crippen LogP contribution in [0.3, 0.4) is 0 Å². The summed E-state index contributed by atoms with van der Waals surface area (Å²) < 4.78 is 5.28. The summed E-state index contributed by atoms with van der Waals surface area (Å²) in [5.41, 5.74) is 0.793. The molecule has 0 atom stereocenters. The van der Waals surface area contributed by atoms with Gasteiger partial charge in [-0.3, -0.25) is 4.79 Å². The Kier molecular flexibility index (Phi) is 6.07. The number of rotatable bonds is 6. The molecule has 68 valence electrons. The zero-order chi connectivity index (χ0) is 9.40. The maximum Gasteiger partial charge on any atom is 0.143 e. The molecule has 0 amide bonds. The standard InChI is InChI=1S/C10H16O2/c1-4-5-8-12-10(3)9(2)6-7-11/h6-7H,3-5,8H2,1-2H3. The van der Waals surface area contributed by atoms with Crippen molar-refractivity contribution in [1.29, 1.82) is 0 Å². The highest BCUT2D eigenvalue weighted by Gasteiger charge is 1.95. The second-order valence-corrected chi connectivity index (χ2v) is 2.61. The zero-order valence-corrected chi connectivity index (χ0v) is 7.80. The third-order valence-corrected chi connectivity index (χ3v) is 1.53. The highest BCUT2D eigenvalue weighted by Crippen LogP contribution is 2.07. The molecule has 0 spiro atoms. The van der Waals surface area contributed by atoms with Crippen LogP contribution >= 0.6 is 0 Å². The Morgan fingerprint density at radius 2 is 2.25 bits per heavy atom. The first-order chi connectivity index (χ1) is 5.72. The summed E-state index contributed by atoms with van der Waals surface area (Å²) in [7, 11) is 0. The van der Waals surface area contributed by atoms with Crippen molar-refractivity contribution >= 4 is 6.29 Å². The van der Waals surface area contributed by atoms with Crippen molar-refractivity contribution in [2.75, 3.05) is 6.61 Å². The average Bonchev–Trinajstić information content (AvgIpc) is 2.05. The summed E-state index contributed by atoms with van der Waals surface area (Å²) in [5.74, 6) is 0.593. The molecule has 0 heterocycles. The van der Waals surface area contributed by atoms with E-state index in [1.54, 1.807) is 0 Å². The maximum atomic E-state index is 10.1. The number of unbranched alkanes of at least 4 members (excludes halogenated alkanes) is 1. The van der Waals surface area contributed by atoms with Crippen LogP contribution in [0, 0.1) is 0 Å². The average molecular weight is 168 g/mol. The van der Waals surface area contributed by atoms with Crippen LogP contribution < -0.4 is 0 Å². The Morgan fingerprint density at radius 3 is 2.75 bits per heavy atom. The van der Waals surface area contributed by atoms with Crippen molar-refractivity contribution in [3.05, 3.63) is 24.0 Å². The second kappa shape index (κ2) is 6.65. The van der Waals surface area contributed by atoms with E-state index in [4.69, 9.17) is 4.74 Å². The van der Waals surface area contributed by atoms with E-state index >= 15 is 0 Å². The van der Waals surface area contributed by atoms with Gasteiger partial charge in [0.05, 0.1) is 6.61 Å². The van der Waals surface area contributed by atoms with Crippen LogP contribution in [-0.4, -0.2) is 12.9 Å². The van der Waals surface area contributed by atoms with Crippen molar-refractivity contribution in [2.24, 2.45) is 0 Å². The van der Waals surface area contributed by atoms with Crippen molar-refractivity contribution in [3.63, 3.8) is 0 Å². The molecule has 0 unspecified atom stereocenters. The largest absolute Gasteiger partial charge is 0.494 e. The highest BCUT2D eigenvalue weighted by atomic mass is 16.5. The molecular formula is C10H16O2. The van der Waals surface area contributed by atoms with E-state index in [0.29, 0.717) is 12.4 Å². The summed E-state index contributed by atoms with van der Waals surface area (Å²) in [5, 5.41) is 0. The van der Waals surface area contributed by atoms with Crippen LogP contribution in [-0.2, 0) is 9.53 Å². The van der Waals surface area contributed by atoms with Crippen LogP contribution in [0.4, 0.5) is 0 Å². The van der Waals surface area contributed by atoms with Gasteiger partial charge in [0, 0.05) is 0 Å². The van der Waals surface area contributed by atoms with Gasteiger partial charge in [-0.2, -0.15) is 0 Å². The number of carbonyl (C=O) groups excluding carboxylic acids is 1. The molecule has 0 N–H and O–H groups in total. The molecule has 0 radical (unpaired) electrons. The molecule has 2 nitrogen and oxygen atoms in total. The lowest BCUT2D eigenvalue weighted by Gasteiger charge is -2.07. The Hall–Kier alpha value is -1.05. The first-order valence-electron chi connectivity index (χ1n) is 4.16. The van der Waals surface area contributed by atoms with E-state index in [9.17, 15) is 4.79 Å². The topological polar surface area (TPSA) is 26.3 Å². The summed E-state index contributed by atoms with van der Waals surface area (Å²) in [4.78, 5) is 10.1. The van der Waals surface area contributed by atoms with Gasteiger partial charge in [0.2, 0.25) is 0 Å². The van der Waals surface area contributed by atoms with E-state index in [1.807, 2.05) is 6.92 Å². The summed E-state index contributed by atoms with van der Waals surface area (Å²) in [6.45, 7) is 8.28. The normalized spacial score (nSPS) is 11.0. The fourth-order valence-corrected chi connectivity index (χ4v) is 0.649. The van der Waals surface area contributed by atoms with E-state index in [1.165, 1.54) is 6.08 Å².